The Hall–Kier alpha value is -3.53. The van der Waals surface area contributed by atoms with Crippen LogP contribution >= 0.6 is 0 Å². The third-order valence-corrected chi connectivity index (χ3v) is 7.07. The Bertz CT molecular complexity index is 1310. The number of imidazole rings is 1. The van der Waals surface area contributed by atoms with Crippen LogP contribution in [0.15, 0.2) is 30.5 Å². The van der Waals surface area contributed by atoms with Gasteiger partial charge in [0.25, 0.3) is 0 Å². The number of aromatic nitrogens is 2. The van der Waals surface area contributed by atoms with Crippen molar-refractivity contribution < 1.29 is 27.8 Å². The second-order valence-electron chi connectivity index (χ2n) is 9.72. The normalized spacial score (nSPS) is 18.9. The van der Waals surface area contributed by atoms with E-state index in [9.17, 15) is 9.59 Å². The lowest BCUT2D eigenvalue weighted by molar-refractivity contribution is -0.120. The van der Waals surface area contributed by atoms with Crippen LogP contribution in [0.1, 0.15) is 36.9 Å². The number of anilines is 1. The Morgan fingerprint density at radius 3 is 2.65 bits per heavy atom. The van der Waals surface area contributed by atoms with Crippen LogP contribution in [0.4, 0.5) is 19.3 Å². The number of rotatable bonds is 5. The van der Waals surface area contributed by atoms with Crippen LogP contribution in [0.2, 0.25) is 0 Å². The number of hydrogen-bond donors (Lipinski definition) is 1. The fourth-order valence-corrected chi connectivity index (χ4v) is 5.15. The standard InChI is InChI=1S/C27H30F2N4O4/c1-16-7-8-33-23(14-20-15-32(9-10-37-20)27(35)36-2)26(31-24(33)11-16)25-21(28)12-18(13-22(25)29)30-17-3-5-19(34)6-4-17/h7-8,11-13,17,20,30H,3-6,9-10,14-15H2,1-2H3. The highest BCUT2D eigenvalue weighted by molar-refractivity contribution is 5.79. The summed E-state index contributed by atoms with van der Waals surface area (Å²) in [5, 5.41) is 3.17. The lowest BCUT2D eigenvalue weighted by atomic mass is 9.94. The zero-order valence-corrected chi connectivity index (χ0v) is 20.9. The molecule has 8 nitrogen and oxygen atoms in total. The summed E-state index contributed by atoms with van der Waals surface area (Å²) >= 11 is 0. The van der Waals surface area contributed by atoms with Crippen LogP contribution < -0.4 is 5.32 Å². The van der Waals surface area contributed by atoms with Gasteiger partial charge in [-0.15, -0.1) is 0 Å². The molecular weight excluding hydrogens is 482 g/mol. The number of aryl methyl sites for hydroxylation is 1. The molecule has 37 heavy (non-hydrogen) atoms. The van der Waals surface area contributed by atoms with Crippen molar-refractivity contribution in [2.75, 3.05) is 32.1 Å². The largest absolute Gasteiger partial charge is 0.453 e. The molecule has 2 aliphatic rings. The van der Waals surface area contributed by atoms with E-state index in [-0.39, 0.29) is 23.1 Å². The van der Waals surface area contributed by atoms with E-state index in [0.29, 0.717) is 68.8 Å². The maximum Gasteiger partial charge on any atom is 0.409 e. The Labute approximate surface area is 213 Å². The number of nitrogens with one attached hydrogen (secondary N) is 1. The molecule has 1 amide bonds. The number of carbonyl (C=O) groups is 2. The van der Waals surface area contributed by atoms with Gasteiger partial charge in [-0.1, -0.05) is 0 Å². The van der Waals surface area contributed by atoms with Gasteiger partial charge in [0.2, 0.25) is 0 Å². The van der Waals surface area contributed by atoms with Crippen LogP contribution in [0.5, 0.6) is 0 Å². The molecule has 1 aliphatic heterocycles. The summed E-state index contributed by atoms with van der Waals surface area (Å²) in [6, 6.07) is 6.32. The summed E-state index contributed by atoms with van der Waals surface area (Å²) in [6.07, 6.45) is 3.52. The number of Topliss-reactive ketones (excluding diaryl/α,β-unsaturated/α-hetero) is 1. The Morgan fingerprint density at radius 2 is 1.95 bits per heavy atom. The van der Waals surface area contributed by atoms with Gasteiger partial charge in [0, 0.05) is 43.7 Å². The number of methoxy groups -OCH3 is 1. The highest BCUT2D eigenvalue weighted by Crippen LogP contribution is 2.33. The molecule has 1 unspecified atom stereocenters. The fourth-order valence-electron chi connectivity index (χ4n) is 5.15. The topological polar surface area (TPSA) is 85.2 Å². The molecule has 1 saturated carbocycles. The molecule has 3 aromatic rings. The number of ether oxygens (including phenoxy) is 2. The zero-order chi connectivity index (χ0) is 26.1. The SMILES string of the molecule is COC(=O)N1CCOC(Cc2c(-c3c(F)cc(NC4CCC(=O)CC4)cc3F)nc3cc(C)ccn23)C1. The smallest absolute Gasteiger partial charge is 0.409 e. The first-order chi connectivity index (χ1) is 17.8. The van der Waals surface area contributed by atoms with Crippen molar-refractivity contribution in [3.63, 3.8) is 0 Å². The van der Waals surface area contributed by atoms with E-state index in [4.69, 9.17) is 9.47 Å². The van der Waals surface area contributed by atoms with Gasteiger partial charge in [-0.25, -0.2) is 18.6 Å². The van der Waals surface area contributed by atoms with Gasteiger partial charge in [0.05, 0.1) is 43.3 Å². The highest BCUT2D eigenvalue weighted by Gasteiger charge is 2.29. The van der Waals surface area contributed by atoms with Crippen molar-refractivity contribution in [3.05, 3.63) is 53.4 Å². The Kier molecular flexibility index (Phi) is 7.10. The van der Waals surface area contributed by atoms with Crippen molar-refractivity contribution in [2.45, 2.75) is 51.2 Å². The minimum Gasteiger partial charge on any atom is -0.453 e. The molecule has 5 rings (SSSR count). The minimum atomic E-state index is -0.725. The van der Waals surface area contributed by atoms with Crippen LogP contribution in [0.3, 0.4) is 0 Å². The second-order valence-corrected chi connectivity index (χ2v) is 9.72. The maximum absolute atomic E-state index is 15.5. The predicted molar refractivity (Wildman–Crippen MR) is 134 cm³/mol. The Balaban J connectivity index is 1.48. The summed E-state index contributed by atoms with van der Waals surface area (Å²) < 4.78 is 43.6. The van der Waals surface area contributed by atoms with E-state index in [0.717, 1.165) is 5.56 Å². The van der Waals surface area contributed by atoms with Crippen molar-refractivity contribution in [3.8, 4) is 11.3 Å². The molecule has 1 aromatic carbocycles. The maximum atomic E-state index is 15.5. The molecule has 2 aromatic heterocycles. The molecule has 3 heterocycles. The van der Waals surface area contributed by atoms with E-state index >= 15 is 8.78 Å². The van der Waals surface area contributed by atoms with Crippen LogP contribution in [0, 0.1) is 18.6 Å². The molecule has 0 radical (unpaired) electrons. The summed E-state index contributed by atoms with van der Waals surface area (Å²) in [4.78, 5) is 29.7. The summed E-state index contributed by atoms with van der Waals surface area (Å²) in [6.45, 7) is 2.96. The number of amides is 1. The third kappa shape index (κ3) is 5.29. The fraction of sp³-hybridized carbons (Fsp3) is 0.444. The van der Waals surface area contributed by atoms with Crippen molar-refractivity contribution in [2.24, 2.45) is 0 Å². The Morgan fingerprint density at radius 1 is 1.22 bits per heavy atom. The number of fused-ring (bicyclic) bond motifs is 1. The first-order valence-corrected chi connectivity index (χ1v) is 12.5. The summed E-state index contributed by atoms with van der Waals surface area (Å²) in [5.74, 6) is -1.23. The van der Waals surface area contributed by atoms with E-state index < -0.39 is 23.8 Å². The number of pyridine rings is 1. The molecule has 196 valence electrons. The third-order valence-electron chi connectivity index (χ3n) is 7.07. The summed E-state index contributed by atoms with van der Waals surface area (Å²) in [5.41, 5.74) is 2.46. The molecule has 1 N–H and O–H groups in total. The number of nitrogens with zero attached hydrogens (tertiary/aromatic N) is 3. The molecule has 0 spiro atoms. The average molecular weight is 513 g/mol. The lowest BCUT2D eigenvalue weighted by Gasteiger charge is -2.32. The number of ketones is 1. The molecule has 1 aliphatic carbocycles. The van der Waals surface area contributed by atoms with Gasteiger partial charge in [-0.05, 0) is 49.6 Å². The molecule has 10 heteroatoms. The molecule has 0 bridgehead atoms. The number of carbonyl (C=O) groups excluding carboxylic acids is 2. The van der Waals surface area contributed by atoms with Gasteiger partial charge in [-0.2, -0.15) is 0 Å². The van der Waals surface area contributed by atoms with Crippen molar-refractivity contribution in [1.82, 2.24) is 14.3 Å². The minimum absolute atomic E-state index is 0.00251. The number of morpholine rings is 1. The first kappa shape index (κ1) is 25.1. The van der Waals surface area contributed by atoms with Crippen LogP contribution in [-0.2, 0) is 20.7 Å². The molecule has 1 atom stereocenters. The van der Waals surface area contributed by atoms with Gasteiger partial charge < -0.3 is 24.1 Å². The van der Waals surface area contributed by atoms with E-state index in [1.807, 2.05) is 29.7 Å². The molecule has 1 saturated heterocycles. The number of halogens is 2. The number of hydrogen-bond acceptors (Lipinski definition) is 6. The molecule has 2 fully saturated rings. The highest BCUT2D eigenvalue weighted by atomic mass is 19.1. The van der Waals surface area contributed by atoms with Crippen molar-refractivity contribution >= 4 is 23.2 Å². The number of benzene rings is 1. The molecular formula is C27H30F2N4O4. The monoisotopic (exact) mass is 512 g/mol. The van der Waals surface area contributed by atoms with Crippen LogP contribution in [0.25, 0.3) is 16.9 Å². The zero-order valence-electron chi connectivity index (χ0n) is 20.9. The van der Waals surface area contributed by atoms with Gasteiger partial charge in [0.1, 0.15) is 23.1 Å². The second kappa shape index (κ2) is 10.5. The summed E-state index contributed by atoms with van der Waals surface area (Å²) in [7, 11) is 1.33. The van der Waals surface area contributed by atoms with E-state index in [1.54, 1.807) is 4.90 Å². The van der Waals surface area contributed by atoms with Gasteiger partial charge in [-0.3, -0.25) is 4.79 Å². The van der Waals surface area contributed by atoms with Crippen molar-refractivity contribution in [1.29, 1.82) is 0 Å². The van der Waals surface area contributed by atoms with Crippen LogP contribution in [-0.4, -0.2) is 65.1 Å². The van der Waals surface area contributed by atoms with E-state index in [1.165, 1.54) is 19.2 Å². The first-order valence-electron chi connectivity index (χ1n) is 12.5. The van der Waals surface area contributed by atoms with E-state index in [2.05, 4.69) is 10.3 Å². The quantitative estimate of drug-likeness (QED) is 0.541. The average Bonchev–Trinajstić information content (AvgIpc) is 3.21. The predicted octanol–water partition coefficient (Wildman–Crippen LogP) is 4.52. The van der Waals surface area contributed by atoms with Gasteiger partial charge in [0.15, 0.2) is 0 Å². The lowest BCUT2D eigenvalue weighted by Crippen LogP contribution is -2.46. The van der Waals surface area contributed by atoms with Gasteiger partial charge >= 0.3 is 6.09 Å².